The van der Waals surface area contributed by atoms with E-state index < -0.39 is 36.9 Å². The average molecular weight is 328 g/mol. The third-order valence-corrected chi connectivity index (χ3v) is 2.66. The number of nitrogens with zero attached hydrogens (tertiary/aromatic N) is 1. The van der Waals surface area contributed by atoms with Crippen LogP contribution in [0.1, 0.15) is 11.1 Å². The summed E-state index contributed by atoms with van der Waals surface area (Å²) in [6.45, 7) is -2.13. The Balaban J connectivity index is 2.63. The molecular formula is C13H14F6N2O. The normalized spacial score (nSPS) is 12.5. The highest BCUT2D eigenvalue weighted by Crippen LogP contribution is 2.32. The zero-order valence-corrected chi connectivity index (χ0v) is 11.6. The number of likely N-dealkylation sites (N-methyl/N-ethyl adjacent to an activating group) is 1. The van der Waals surface area contributed by atoms with Crippen LogP contribution in [-0.2, 0) is 17.5 Å². The molecule has 1 aromatic rings. The maximum absolute atomic E-state index is 12.8. The highest BCUT2D eigenvalue weighted by molar-refractivity contribution is 5.78. The number of carbonyl (C=O) groups excluding carboxylic acids is 1. The van der Waals surface area contributed by atoms with Crippen molar-refractivity contribution >= 4 is 5.91 Å². The minimum Gasteiger partial charge on any atom is -0.346 e. The average Bonchev–Trinajstić information content (AvgIpc) is 2.34. The van der Waals surface area contributed by atoms with E-state index >= 15 is 0 Å². The standard InChI is InChI=1S/C13H14F6N2O/c1-21(7-11(22)20-8-12(14,15)16)6-9-4-2-3-5-10(9)13(17,18)19/h2-5H,6-8H2,1H3,(H,20,22). The molecule has 0 saturated carbocycles. The van der Waals surface area contributed by atoms with Crippen LogP contribution < -0.4 is 5.32 Å². The second-order valence-corrected chi connectivity index (χ2v) is 4.72. The van der Waals surface area contributed by atoms with Crippen LogP contribution in [0.4, 0.5) is 26.3 Å². The Morgan fingerprint density at radius 3 is 2.27 bits per heavy atom. The number of amides is 1. The molecule has 0 heterocycles. The molecule has 1 aromatic carbocycles. The largest absolute Gasteiger partial charge is 0.416 e. The molecule has 0 aliphatic heterocycles. The minimum atomic E-state index is -4.53. The van der Waals surface area contributed by atoms with Crippen molar-refractivity contribution in [3.05, 3.63) is 35.4 Å². The number of rotatable bonds is 5. The number of carbonyl (C=O) groups is 1. The maximum atomic E-state index is 12.8. The number of benzene rings is 1. The van der Waals surface area contributed by atoms with Gasteiger partial charge < -0.3 is 5.32 Å². The lowest BCUT2D eigenvalue weighted by atomic mass is 10.1. The van der Waals surface area contributed by atoms with Gasteiger partial charge in [-0.3, -0.25) is 9.69 Å². The Bertz CT molecular complexity index is 512. The van der Waals surface area contributed by atoms with Gasteiger partial charge in [0.1, 0.15) is 6.54 Å². The Labute approximate surface area is 122 Å². The van der Waals surface area contributed by atoms with E-state index in [-0.39, 0.29) is 12.1 Å². The Morgan fingerprint density at radius 1 is 1.14 bits per heavy atom. The van der Waals surface area contributed by atoms with Crippen molar-refractivity contribution in [1.82, 2.24) is 10.2 Å². The van der Waals surface area contributed by atoms with Crippen LogP contribution in [0.15, 0.2) is 24.3 Å². The lowest BCUT2D eigenvalue weighted by molar-refractivity contribution is -0.139. The summed E-state index contributed by atoms with van der Waals surface area (Å²) < 4.78 is 74.2. The van der Waals surface area contributed by atoms with Crippen LogP contribution in [0.3, 0.4) is 0 Å². The summed E-state index contributed by atoms with van der Waals surface area (Å²) in [5.74, 6) is -0.913. The summed E-state index contributed by atoms with van der Waals surface area (Å²) in [5.41, 5.74) is -0.890. The number of halogens is 6. The summed E-state index contributed by atoms with van der Waals surface area (Å²) in [4.78, 5) is 12.5. The topological polar surface area (TPSA) is 32.3 Å². The molecule has 1 rings (SSSR count). The monoisotopic (exact) mass is 328 g/mol. The van der Waals surface area contributed by atoms with Crippen LogP contribution in [0.5, 0.6) is 0 Å². The molecule has 0 fully saturated rings. The fourth-order valence-corrected chi connectivity index (χ4v) is 1.78. The van der Waals surface area contributed by atoms with E-state index in [2.05, 4.69) is 0 Å². The molecule has 0 unspecified atom stereocenters. The van der Waals surface area contributed by atoms with Gasteiger partial charge in [0.05, 0.1) is 12.1 Å². The Kier molecular flexibility index (Phi) is 5.81. The first kappa shape index (κ1) is 18.3. The van der Waals surface area contributed by atoms with E-state index in [0.717, 1.165) is 6.07 Å². The van der Waals surface area contributed by atoms with Gasteiger partial charge in [-0.1, -0.05) is 18.2 Å². The molecule has 3 nitrogen and oxygen atoms in total. The predicted molar refractivity (Wildman–Crippen MR) is 66.8 cm³/mol. The van der Waals surface area contributed by atoms with Gasteiger partial charge >= 0.3 is 12.4 Å². The molecule has 124 valence electrons. The first-order valence-electron chi connectivity index (χ1n) is 6.16. The summed E-state index contributed by atoms with van der Waals surface area (Å²) in [5, 5.41) is 1.66. The van der Waals surface area contributed by atoms with Crippen LogP contribution >= 0.6 is 0 Å². The molecule has 0 atom stereocenters. The van der Waals surface area contributed by atoms with Crippen molar-refractivity contribution in [2.24, 2.45) is 0 Å². The number of nitrogens with one attached hydrogen (secondary N) is 1. The van der Waals surface area contributed by atoms with Gasteiger partial charge in [-0.05, 0) is 18.7 Å². The van der Waals surface area contributed by atoms with Crippen molar-refractivity contribution in [1.29, 1.82) is 0 Å². The molecule has 0 radical (unpaired) electrons. The zero-order valence-electron chi connectivity index (χ0n) is 11.6. The molecule has 0 bridgehead atoms. The van der Waals surface area contributed by atoms with Gasteiger partial charge in [0.25, 0.3) is 0 Å². The molecule has 0 aliphatic rings. The number of hydrogen-bond donors (Lipinski definition) is 1. The second-order valence-electron chi connectivity index (χ2n) is 4.72. The molecular weight excluding hydrogens is 314 g/mol. The van der Waals surface area contributed by atoms with E-state index in [4.69, 9.17) is 0 Å². The summed E-state index contributed by atoms with van der Waals surface area (Å²) in [6, 6.07) is 4.82. The Morgan fingerprint density at radius 2 is 1.73 bits per heavy atom. The van der Waals surface area contributed by atoms with E-state index in [1.165, 1.54) is 30.1 Å². The van der Waals surface area contributed by atoms with Crippen LogP contribution in [0.25, 0.3) is 0 Å². The van der Waals surface area contributed by atoms with E-state index in [1.54, 1.807) is 5.32 Å². The third-order valence-electron chi connectivity index (χ3n) is 2.66. The third kappa shape index (κ3) is 6.33. The summed E-state index contributed by atoms with van der Waals surface area (Å²) in [6.07, 6.45) is -9.06. The molecule has 0 aliphatic carbocycles. The smallest absolute Gasteiger partial charge is 0.346 e. The van der Waals surface area contributed by atoms with Gasteiger partial charge in [0, 0.05) is 6.54 Å². The quantitative estimate of drug-likeness (QED) is 0.843. The molecule has 1 amide bonds. The van der Waals surface area contributed by atoms with E-state index in [9.17, 15) is 31.1 Å². The lowest BCUT2D eigenvalue weighted by Gasteiger charge is -2.19. The number of alkyl halides is 6. The van der Waals surface area contributed by atoms with Crippen molar-refractivity contribution in [2.75, 3.05) is 20.1 Å². The minimum absolute atomic E-state index is 0.0545. The highest BCUT2D eigenvalue weighted by atomic mass is 19.4. The van der Waals surface area contributed by atoms with Gasteiger partial charge in [0.15, 0.2) is 0 Å². The van der Waals surface area contributed by atoms with E-state index in [0.29, 0.717) is 0 Å². The first-order valence-corrected chi connectivity index (χ1v) is 6.16. The predicted octanol–water partition coefficient (Wildman–Crippen LogP) is 2.82. The van der Waals surface area contributed by atoms with Crippen LogP contribution in [0, 0.1) is 0 Å². The number of hydrogen-bond acceptors (Lipinski definition) is 2. The fourth-order valence-electron chi connectivity index (χ4n) is 1.78. The zero-order chi connectivity index (χ0) is 17.0. The summed E-state index contributed by atoms with van der Waals surface area (Å²) >= 11 is 0. The van der Waals surface area contributed by atoms with Crippen molar-refractivity contribution in [3.63, 3.8) is 0 Å². The highest BCUT2D eigenvalue weighted by Gasteiger charge is 2.33. The molecule has 9 heteroatoms. The van der Waals surface area contributed by atoms with Gasteiger partial charge in [-0.25, -0.2) is 0 Å². The van der Waals surface area contributed by atoms with Crippen LogP contribution in [0.2, 0.25) is 0 Å². The van der Waals surface area contributed by atoms with Crippen molar-refractivity contribution < 1.29 is 31.1 Å². The molecule has 1 N–H and O–H groups in total. The van der Waals surface area contributed by atoms with E-state index in [1.807, 2.05) is 0 Å². The molecule has 0 spiro atoms. The molecule has 22 heavy (non-hydrogen) atoms. The van der Waals surface area contributed by atoms with Gasteiger partial charge in [-0.15, -0.1) is 0 Å². The molecule has 0 saturated heterocycles. The first-order chi connectivity index (χ1) is 9.99. The Hall–Kier alpha value is -1.77. The van der Waals surface area contributed by atoms with Crippen molar-refractivity contribution in [2.45, 2.75) is 18.9 Å². The SMILES string of the molecule is CN(CC(=O)NCC(F)(F)F)Cc1ccccc1C(F)(F)F. The summed E-state index contributed by atoms with van der Waals surface area (Å²) in [7, 11) is 1.35. The second kappa shape index (κ2) is 6.99. The van der Waals surface area contributed by atoms with Crippen molar-refractivity contribution in [3.8, 4) is 0 Å². The van der Waals surface area contributed by atoms with Gasteiger partial charge in [0.2, 0.25) is 5.91 Å². The molecule has 0 aromatic heterocycles. The fraction of sp³-hybridized carbons (Fsp3) is 0.462. The van der Waals surface area contributed by atoms with Crippen LogP contribution in [-0.4, -0.2) is 37.1 Å². The maximum Gasteiger partial charge on any atom is 0.416 e. The lowest BCUT2D eigenvalue weighted by Crippen LogP contribution is -2.39. The van der Waals surface area contributed by atoms with Gasteiger partial charge in [-0.2, -0.15) is 26.3 Å².